The van der Waals surface area contributed by atoms with Crippen molar-refractivity contribution in [1.29, 1.82) is 5.26 Å². The van der Waals surface area contributed by atoms with Gasteiger partial charge in [0, 0.05) is 10.0 Å². The Kier molecular flexibility index (Phi) is 4.86. The summed E-state index contributed by atoms with van der Waals surface area (Å²) in [6.45, 7) is -0.470. The topological polar surface area (TPSA) is 76.2 Å². The summed E-state index contributed by atoms with van der Waals surface area (Å²) in [5.41, 5.74) is -0.464. The van der Waals surface area contributed by atoms with Gasteiger partial charge in [-0.25, -0.2) is 0 Å². The molecule has 1 unspecified atom stereocenters. The average Bonchev–Trinajstić information content (AvgIpc) is 2.51. The van der Waals surface area contributed by atoms with Crippen molar-refractivity contribution in [2.75, 3.05) is 6.61 Å². The van der Waals surface area contributed by atoms with Crippen LogP contribution in [-0.4, -0.2) is 11.7 Å². The van der Waals surface area contributed by atoms with Gasteiger partial charge < -0.3 is 4.84 Å². The first-order valence-electron chi connectivity index (χ1n) is 6.19. The molecular weight excluding hydrogens is 327 g/mol. The molecule has 0 bridgehead atoms. The lowest BCUT2D eigenvalue weighted by Gasteiger charge is -2.27. The first kappa shape index (κ1) is 16.1. The summed E-state index contributed by atoms with van der Waals surface area (Å²) in [5, 5.41) is 20.2. The Morgan fingerprint density at radius 3 is 2.36 bits per heavy atom. The minimum atomic E-state index is -1.41. The minimum Gasteiger partial charge on any atom is -0.311 e. The molecule has 0 N–H and O–H groups in total. The highest BCUT2D eigenvalue weighted by Crippen LogP contribution is 2.37. The zero-order chi connectivity index (χ0) is 16.2. The summed E-state index contributed by atoms with van der Waals surface area (Å²) < 4.78 is 0. The fraction of sp³-hybridized carbons (Fsp3) is 0.133. The lowest BCUT2D eigenvalue weighted by molar-refractivity contribution is -0.759. The molecule has 0 radical (unpaired) electrons. The molecule has 0 saturated heterocycles. The van der Waals surface area contributed by atoms with Gasteiger partial charge in [-0.2, -0.15) is 5.26 Å². The van der Waals surface area contributed by atoms with Crippen LogP contribution in [0.3, 0.4) is 0 Å². The van der Waals surface area contributed by atoms with Gasteiger partial charge >= 0.3 is 0 Å². The van der Waals surface area contributed by atoms with Gasteiger partial charge in [0.15, 0.2) is 0 Å². The maximum Gasteiger partial charge on any atom is 0.294 e. The van der Waals surface area contributed by atoms with Gasteiger partial charge in [0.05, 0.1) is 6.07 Å². The van der Waals surface area contributed by atoms with Gasteiger partial charge in [-0.1, -0.05) is 53.5 Å². The van der Waals surface area contributed by atoms with Crippen LogP contribution in [0.25, 0.3) is 0 Å². The van der Waals surface area contributed by atoms with Crippen LogP contribution in [0.1, 0.15) is 11.1 Å². The number of hydrogen-bond donors (Lipinski definition) is 0. The molecule has 0 amide bonds. The van der Waals surface area contributed by atoms with E-state index in [-0.39, 0.29) is 0 Å². The molecular formula is C15H10Cl2N2O3. The van der Waals surface area contributed by atoms with E-state index in [0.717, 1.165) is 0 Å². The second-order valence-corrected chi connectivity index (χ2v) is 5.34. The van der Waals surface area contributed by atoms with E-state index < -0.39 is 17.1 Å². The molecule has 112 valence electrons. The lowest BCUT2D eigenvalue weighted by atomic mass is 9.76. The molecule has 1 atom stereocenters. The highest BCUT2D eigenvalue weighted by atomic mass is 35.5. The van der Waals surface area contributed by atoms with E-state index in [2.05, 4.69) is 10.9 Å². The van der Waals surface area contributed by atoms with Crippen molar-refractivity contribution in [3.05, 3.63) is 79.8 Å². The van der Waals surface area contributed by atoms with Crippen molar-refractivity contribution in [3.8, 4) is 6.07 Å². The average molecular weight is 337 g/mol. The van der Waals surface area contributed by atoms with E-state index in [1.807, 2.05) is 0 Å². The predicted octanol–water partition coefficient (Wildman–Crippen LogP) is 4.01. The third-order valence-electron chi connectivity index (χ3n) is 3.25. The smallest absolute Gasteiger partial charge is 0.294 e. The molecule has 0 saturated carbocycles. The normalized spacial score (nSPS) is 13.0. The molecule has 0 fully saturated rings. The third-order valence-corrected chi connectivity index (χ3v) is 3.83. The first-order chi connectivity index (χ1) is 10.5. The molecule has 5 nitrogen and oxygen atoms in total. The molecule has 2 aromatic rings. The molecule has 0 aliphatic carbocycles. The van der Waals surface area contributed by atoms with Crippen molar-refractivity contribution in [3.63, 3.8) is 0 Å². The number of halogens is 2. The van der Waals surface area contributed by atoms with E-state index in [0.29, 0.717) is 21.2 Å². The summed E-state index contributed by atoms with van der Waals surface area (Å²) in [6, 6.07) is 15.2. The Labute approximate surface area is 136 Å². The maximum absolute atomic E-state index is 10.6. The zero-order valence-electron chi connectivity index (χ0n) is 11.2. The van der Waals surface area contributed by atoms with Crippen LogP contribution in [0.2, 0.25) is 10.0 Å². The van der Waals surface area contributed by atoms with Crippen LogP contribution < -0.4 is 0 Å². The highest BCUT2D eigenvalue weighted by Gasteiger charge is 2.37. The van der Waals surface area contributed by atoms with Crippen LogP contribution in [0.5, 0.6) is 0 Å². The number of rotatable bonds is 5. The molecule has 0 heterocycles. The standard InChI is InChI=1S/C15H10Cl2N2O3/c16-12-7-5-11(6-8-12)15(9-18,10-22-19(20)21)13-3-1-2-4-14(13)17/h1-8H,10H2. The number of nitrogens with zero attached hydrogens (tertiary/aromatic N) is 2. The second-order valence-electron chi connectivity index (χ2n) is 4.50. The lowest BCUT2D eigenvalue weighted by Crippen LogP contribution is -2.33. The van der Waals surface area contributed by atoms with Gasteiger partial charge in [0.25, 0.3) is 5.09 Å². The first-order valence-corrected chi connectivity index (χ1v) is 6.95. The Hall–Kier alpha value is -2.29. The Morgan fingerprint density at radius 1 is 1.18 bits per heavy atom. The van der Waals surface area contributed by atoms with Crippen molar-refractivity contribution in [2.45, 2.75) is 5.41 Å². The summed E-state index contributed by atoms with van der Waals surface area (Å²) in [6.07, 6.45) is 0. The Morgan fingerprint density at radius 2 is 1.82 bits per heavy atom. The fourth-order valence-corrected chi connectivity index (χ4v) is 2.59. The van der Waals surface area contributed by atoms with Crippen molar-refractivity contribution in [2.24, 2.45) is 0 Å². The molecule has 22 heavy (non-hydrogen) atoms. The van der Waals surface area contributed by atoms with E-state index >= 15 is 0 Å². The number of hydrogen-bond acceptors (Lipinski definition) is 4. The van der Waals surface area contributed by atoms with Gasteiger partial charge in [-0.3, -0.25) is 0 Å². The van der Waals surface area contributed by atoms with Crippen LogP contribution in [-0.2, 0) is 10.3 Å². The maximum atomic E-state index is 10.6. The minimum absolute atomic E-state index is 0.325. The van der Waals surface area contributed by atoms with Gasteiger partial charge in [-0.15, -0.1) is 10.1 Å². The third kappa shape index (κ3) is 3.14. The monoisotopic (exact) mass is 336 g/mol. The van der Waals surface area contributed by atoms with Crippen molar-refractivity contribution in [1.82, 2.24) is 0 Å². The number of benzene rings is 2. The fourth-order valence-electron chi connectivity index (χ4n) is 2.16. The highest BCUT2D eigenvalue weighted by molar-refractivity contribution is 6.31. The van der Waals surface area contributed by atoms with Crippen LogP contribution in [0.15, 0.2) is 48.5 Å². The second kappa shape index (κ2) is 6.65. The van der Waals surface area contributed by atoms with E-state index in [1.54, 1.807) is 48.5 Å². The molecule has 0 aliphatic rings. The van der Waals surface area contributed by atoms with Crippen LogP contribution in [0, 0.1) is 21.4 Å². The summed E-state index contributed by atoms with van der Waals surface area (Å²) >= 11 is 12.0. The van der Waals surface area contributed by atoms with E-state index in [4.69, 9.17) is 23.2 Å². The largest absolute Gasteiger partial charge is 0.311 e. The van der Waals surface area contributed by atoms with Crippen molar-refractivity contribution < 1.29 is 9.92 Å². The van der Waals surface area contributed by atoms with E-state index in [9.17, 15) is 15.4 Å². The zero-order valence-corrected chi connectivity index (χ0v) is 12.7. The Bertz CT molecular complexity index is 728. The molecule has 7 heteroatoms. The van der Waals surface area contributed by atoms with Crippen LogP contribution >= 0.6 is 23.2 Å². The molecule has 2 rings (SSSR count). The van der Waals surface area contributed by atoms with Gasteiger partial charge in [0.2, 0.25) is 0 Å². The quantitative estimate of drug-likeness (QED) is 0.610. The summed E-state index contributed by atoms with van der Waals surface area (Å²) in [4.78, 5) is 15.1. The van der Waals surface area contributed by atoms with Crippen LogP contribution in [0.4, 0.5) is 0 Å². The van der Waals surface area contributed by atoms with E-state index in [1.165, 1.54) is 0 Å². The Balaban J connectivity index is 2.62. The van der Waals surface area contributed by atoms with Crippen molar-refractivity contribution >= 4 is 23.2 Å². The number of nitriles is 1. The summed E-state index contributed by atoms with van der Waals surface area (Å²) in [5.74, 6) is 0. The molecule has 2 aromatic carbocycles. The van der Waals surface area contributed by atoms with Gasteiger partial charge in [0.1, 0.15) is 12.0 Å². The SMILES string of the molecule is N#CC(CO[N+](=O)[O-])(c1ccc(Cl)cc1)c1ccccc1Cl. The predicted molar refractivity (Wildman–Crippen MR) is 82.2 cm³/mol. The molecule has 0 aromatic heterocycles. The van der Waals surface area contributed by atoms with Gasteiger partial charge in [-0.05, 0) is 29.3 Å². The molecule has 0 spiro atoms. The summed E-state index contributed by atoms with van der Waals surface area (Å²) in [7, 11) is 0. The molecule has 0 aliphatic heterocycles.